The van der Waals surface area contributed by atoms with Gasteiger partial charge in [0.05, 0.1) is 12.1 Å². The van der Waals surface area contributed by atoms with Crippen LogP contribution in [0.5, 0.6) is 0 Å². The highest BCUT2D eigenvalue weighted by atomic mass is 15.1. The Hall–Kier alpha value is -0.590. The SMILES string of the molecule is CC(C)(C)C1CCN(CCC(C#N)NC2CC2)CC1. The van der Waals surface area contributed by atoms with Crippen molar-refractivity contribution >= 4 is 0 Å². The summed E-state index contributed by atoms with van der Waals surface area (Å²) < 4.78 is 0. The van der Waals surface area contributed by atoms with E-state index in [-0.39, 0.29) is 6.04 Å². The summed E-state index contributed by atoms with van der Waals surface area (Å²) in [6.07, 6.45) is 6.13. The number of hydrogen-bond acceptors (Lipinski definition) is 3. The van der Waals surface area contributed by atoms with Gasteiger partial charge in [0.2, 0.25) is 0 Å². The summed E-state index contributed by atoms with van der Waals surface area (Å²) >= 11 is 0. The summed E-state index contributed by atoms with van der Waals surface area (Å²) in [5.74, 6) is 0.861. The molecule has 1 atom stereocenters. The molecule has 3 heteroatoms. The van der Waals surface area contributed by atoms with E-state index in [0.717, 1.165) is 18.9 Å². The van der Waals surface area contributed by atoms with Gasteiger partial charge in [0, 0.05) is 12.6 Å². The van der Waals surface area contributed by atoms with Crippen molar-refractivity contribution in [2.75, 3.05) is 19.6 Å². The fraction of sp³-hybridized carbons (Fsp3) is 0.938. The summed E-state index contributed by atoms with van der Waals surface area (Å²) in [7, 11) is 0. The molecular formula is C16H29N3. The van der Waals surface area contributed by atoms with Crippen LogP contribution in [0.1, 0.15) is 52.9 Å². The molecule has 2 fully saturated rings. The van der Waals surface area contributed by atoms with Crippen molar-refractivity contribution in [3.05, 3.63) is 0 Å². The molecule has 1 aliphatic carbocycles. The highest BCUT2D eigenvalue weighted by Gasteiger charge is 2.29. The first-order valence-electron chi connectivity index (χ1n) is 7.87. The molecule has 0 bridgehead atoms. The predicted molar refractivity (Wildman–Crippen MR) is 78.8 cm³/mol. The molecule has 0 aromatic heterocycles. The van der Waals surface area contributed by atoms with Gasteiger partial charge in [0.15, 0.2) is 0 Å². The number of hydrogen-bond donors (Lipinski definition) is 1. The van der Waals surface area contributed by atoms with Crippen LogP contribution in [-0.2, 0) is 0 Å². The largest absolute Gasteiger partial charge is 0.303 e. The van der Waals surface area contributed by atoms with Crippen molar-refractivity contribution in [1.29, 1.82) is 5.26 Å². The van der Waals surface area contributed by atoms with Crippen LogP contribution in [0.3, 0.4) is 0 Å². The molecule has 1 saturated carbocycles. The highest BCUT2D eigenvalue weighted by molar-refractivity contribution is 4.96. The molecule has 0 aromatic carbocycles. The van der Waals surface area contributed by atoms with Crippen LogP contribution >= 0.6 is 0 Å². The highest BCUT2D eigenvalue weighted by Crippen LogP contribution is 2.34. The number of nitriles is 1. The Morgan fingerprint density at radius 3 is 2.32 bits per heavy atom. The van der Waals surface area contributed by atoms with E-state index in [1.807, 2.05) is 0 Å². The quantitative estimate of drug-likeness (QED) is 0.829. The Morgan fingerprint density at radius 1 is 1.21 bits per heavy atom. The van der Waals surface area contributed by atoms with E-state index in [1.165, 1.54) is 38.8 Å². The second-order valence-electron chi connectivity index (χ2n) is 7.39. The maximum Gasteiger partial charge on any atom is 0.0967 e. The molecular weight excluding hydrogens is 234 g/mol. The van der Waals surface area contributed by atoms with Crippen LogP contribution in [0.25, 0.3) is 0 Å². The van der Waals surface area contributed by atoms with Gasteiger partial charge in [-0.3, -0.25) is 5.32 Å². The van der Waals surface area contributed by atoms with Gasteiger partial charge in [-0.2, -0.15) is 5.26 Å². The normalized spacial score (nSPS) is 24.1. The summed E-state index contributed by atoms with van der Waals surface area (Å²) in [5.41, 5.74) is 0.453. The Balaban J connectivity index is 1.66. The van der Waals surface area contributed by atoms with Gasteiger partial charge in [-0.05, 0) is 56.5 Å². The first-order chi connectivity index (χ1) is 8.99. The van der Waals surface area contributed by atoms with E-state index in [9.17, 15) is 0 Å². The number of nitrogens with one attached hydrogen (secondary N) is 1. The van der Waals surface area contributed by atoms with E-state index in [0.29, 0.717) is 11.5 Å². The summed E-state index contributed by atoms with van der Waals surface area (Å²) in [4.78, 5) is 2.54. The molecule has 1 saturated heterocycles. The smallest absolute Gasteiger partial charge is 0.0967 e. The topological polar surface area (TPSA) is 39.1 Å². The van der Waals surface area contributed by atoms with Crippen molar-refractivity contribution in [1.82, 2.24) is 10.2 Å². The summed E-state index contributed by atoms with van der Waals surface area (Å²) in [6, 6.07) is 3.11. The molecule has 2 rings (SSSR count). The van der Waals surface area contributed by atoms with Crippen LogP contribution in [0.2, 0.25) is 0 Å². The zero-order chi connectivity index (χ0) is 13.9. The lowest BCUT2D eigenvalue weighted by atomic mass is 9.75. The van der Waals surface area contributed by atoms with Crippen molar-refractivity contribution < 1.29 is 0 Å². The van der Waals surface area contributed by atoms with E-state index in [4.69, 9.17) is 5.26 Å². The van der Waals surface area contributed by atoms with Gasteiger partial charge in [0.25, 0.3) is 0 Å². The van der Waals surface area contributed by atoms with Crippen molar-refractivity contribution in [2.45, 2.75) is 65.0 Å². The van der Waals surface area contributed by atoms with Crippen LogP contribution in [-0.4, -0.2) is 36.6 Å². The van der Waals surface area contributed by atoms with Crippen LogP contribution in [0, 0.1) is 22.7 Å². The molecule has 1 aliphatic heterocycles. The van der Waals surface area contributed by atoms with Gasteiger partial charge < -0.3 is 4.90 Å². The monoisotopic (exact) mass is 263 g/mol. The number of piperidine rings is 1. The molecule has 0 amide bonds. The molecule has 1 N–H and O–H groups in total. The average molecular weight is 263 g/mol. The van der Waals surface area contributed by atoms with E-state index in [1.54, 1.807) is 0 Å². The minimum absolute atomic E-state index is 0.0628. The second kappa shape index (κ2) is 6.24. The minimum atomic E-state index is 0.0628. The fourth-order valence-corrected chi connectivity index (χ4v) is 3.05. The average Bonchev–Trinajstić information content (AvgIpc) is 3.18. The van der Waals surface area contributed by atoms with Crippen molar-refractivity contribution in [2.24, 2.45) is 11.3 Å². The zero-order valence-corrected chi connectivity index (χ0v) is 12.8. The third-order valence-electron chi connectivity index (χ3n) is 4.72. The molecule has 19 heavy (non-hydrogen) atoms. The molecule has 0 radical (unpaired) electrons. The Morgan fingerprint density at radius 2 is 1.84 bits per heavy atom. The standard InChI is InChI=1S/C16H29N3/c1-16(2,3)13-6-9-19(10-7-13)11-8-15(12-17)18-14-4-5-14/h13-15,18H,4-11H2,1-3H3. The lowest BCUT2D eigenvalue weighted by Crippen LogP contribution is -2.40. The third kappa shape index (κ3) is 4.78. The van der Waals surface area contributed by atoms with E-state index >= 15 is 0 Å². The number of nitrogens with zero attached hydrogens (tertiary/aromatic N) is 2. The lowest BCUT2D eigenvalue weighted by Gasteiger charge is -2.39. The second-order valence-corrected chi connectivity index (χ2v) is 7.39. The lowest BCUT2D eigenvalue weighted by molar-refractivity contribution is 0.110. The molecule has 0 spiro atoms. The van der Waals surface area contributed by atoms with Gasteiger partial charge >= 0.3 is 0 Å². The molecule has 2 aliphatic rings. The molecule has 0 aromatic rings. The van der Waals surface area contributed by atoms with Gasteiger partial charge in [-0.25, -0.2) is 0 Å². The van der Waals surface area contributed by atoms with Crippen molar-refractivity contribution in [3.63, 3.8) is 0 Å². The minimum Gasteiger partial charge on any atom is -0.303 e. The summed E-state index contributed by atoms with van der Waals surface area (Å²) in [6.45, 7) is 10.6. The van der Waals surface area contributed by atoms with Crippen molar-refractivity contribution in [3.8, 4) is 6.07 Å². The van der Waals surface area contributed by atoms with Gasteiger partial charge in [-0.15, -0.1) is 0 Å². The molecule has 1 heterocycles. The maximum absolute atomic E-state index is 9.15. The van der Waals surface area contributed by atoms with E-state index < -0.39 is 0 Å². The van der Waals surface area contributed by atoms with E-state index in [2.05, 4.69) is 37.1 Å². The van der Waals surface area contributed by atoms with Crippen LogP contribution < -0.4 is 5.32 Å². The van der Waals surface area contributed by atoms with Crippen LogP contribution in [0.4, 0.5) is 0 Å². The third-order valence-corrected chi connectivity index (χ3v) is 4.72. The number of rotatable bonds is 5. The Kier molecular flexibility index (Phi) is 4.86. The molecule has 1 unspecified atom stereocenters. The number of likely N-dealkylation sites (tertiary alicyclic amines) is 1. The summed E-state index contributed by atoms with van der Waals surface area (Å²) in [5, 5.41) is 12.6. The van der Waals surface area contributed by atoms with Gasteiger partial charge in [0.1, 0.15) is 0 Å². The zero-order valence-electron chi connectivity index (χ0n) is 12.8. The first kappa shape index (κ1) is 14.8. The first-order valence-corrected chi connectivity index (χ1v) is 7.87. The van der Waals surface area contributed by atoms with Gasteiger partial charge in [-0.1, -0.05) is 20.8 Å². The predicted octanol–water partition coefficient (Wildman–Crippen LogP) is 2.78. The van der Waals surface area contributed by atoms with Crippen LogP contribution in [0.15, 0.2) is 0 Å². The fourth-order valence-electron chi connectivity index (χ4n) is 3.05. The molecule has 3 nitrogen and oxygen atoms in total. The Labute approximate surface area is 118 Å². The Bertz CT molecular complexity index is 314. The maximum atomic E-state index is 9.15. The molecule has 108 valence electrons.